The molecule has 0 aliphatic heterocycles. The van der Waals surface area contributed by atoms with Crippen LogP contribution in [-0.2, 0) is 21.2 Å². The average Bonchev–Trinajstić information content (AvgIpc) is 3.53. The molecule has 9 nitrogen and oxygen atoms in total. The molecule has 1 N–H and O–H groups in total. The van der Waals surface area contributed by atoms with Crippen molar-refractivity contribution in [3.63, 3.8) is 0 Å². The van der Waals surface area contributed by atoms with Crippen LogP contribution in [0.25, 0.3) is 22.7 Å². The van der Waals surface area contributed by atoms with Crippen LogP contribution in [0.4, 0.5) is 0 Å². The molecule has 0 bridgehead atoms. The summed E-state index contributed by atoms with van der Waals surface area (Å²) < 4.78 is 37.4. The second kappa shape index (κ2) is 11.2. The van der Waals surface area contributed by atoms with Gasteiger partial charge in [0.15, 0.2) is 5.82 Å². The van der Waals surface area contributed by atoms with Crippen molar-refractivity contribution >= 4 is 15.8 Å². The van der Waals surface area contributed by atoms with Crippen LogP contribution in [-0.4, -0.2) is 47.1 Å². The molecular formula is C26H27N3O6S. The molecule has 0 fully saturated rings. The Morgan fingerprint density at radius 3 is 2.44 bits per heavy atom. The van der Waals surface area contributed by atoms with Crippen molar-refractivity contribution in [1.82, 2.24) is 14.8 Å². The number of benzene rings is 2. The number of hydrogen-bond donors (Lipinski definition) is 1. The lowest BCUT2D eigenvalue weighted by atomic mass is 10.1. The van der Waals surface area contributed by atoms with Gasteiger partial charge in [-0.15, -0.1) is 5.10 Å². The van der Waals surface area contributed by atoms with E-state index in [1.165, 1.54) is 0 Å². The number of aliphatic carboxylic acids is 1. The number of carbonyl (C=O) groups is 1. The summed E-state index contributed by atoms with van der Waals surface area (Å²) in [5.74, 6) is 1.01. The molecule has 4 rings (SSSR count). The first-order chi connectivity index (χ1) is 17.3. The van der Waals surface area contributed by atoms with Crippen molar-refractivity contribution in [2.75, 3.05) is 12.9 Å². The summed E-state index contributed by atoms with van der Waals surface area (Å²) in [7, 11) is -3.62. The second-order valence-electron chi connectivity index (χ2n) is 8.36. The minimum Gasteiger partial charge on any atom is -0.493 e. The number of unbranched alkanes of at least 4 members (excludes halogenated alkanes) is 2. The smallest absolute Gasteiger partial charge is 0.303 e. The van der Waals surface area contributed by atoms with Crippen molar-refractivity contribution in [2.24, 2.45) is 0 Å². The number of carboxylic acid groups (broad SMARTS) is 1. The number of para-hydroxylation sites is 1. The Hall–Kier alpha value is -3.92. The van der Waals surface area contributed by atoms with E-state index in [4.69, 9.17) is 14.3 Å². The summed E-state index contributed by atoms with van der Waals surface area (Å²) in [6, 6.07) is 18.6. The Balaban J connectivity index is 1.55. The highest BCUT2D eigenvalue weighted by Gasteiger charge is 2.20. The average molecular weight is 510 g/mol. The first-order valence-electron chi connectivity index (χ1n) is 11.5. The Morgan fingerprint density at radius 2 is 1.75 bits per heavy atom. The van der Waals surface area contributed by atoms with E-state index in [1.807, 2.05) is 60.7 Å². The van der Waals surface area contributed by atoms with Crippen LogP contribution in [0.3, 0.4) is 0 Å². The van der Waals surface area contributed by atoms with Crippen molar-refractivity contribution in [3.8, 4) is 28.5 Å². The van der Waals surface area contributed by atoms with E-state index in [9.17, 15) is 13.2 Å². The number of ether oxygens (including phenoxy) is 1. The zero-order valence-electron chi connectivity index (χ0n) is 19.8. The fourth-order valence-corrected chi connectivity index (χ4v) is 4.20. The number of nitrogens with zero attached hydrogens (tertiary/aromatic N) is 3. The fourth-order valence-electron chi connectivity index (χ4n) is 3.70. The van der Waals surface area contributed by atoms with Crippen LogP contribution in [0.15, 0.2) is 76.5 Å². The molecule has 2 heterocycles. The zero-order chi connectivity index (χ0) is 25.5. The molecule has 0 atom stereocenters. The molecule has 0 saturated heterocycles. The predicted octanol–water partition coefficient (Wildman–Crippen LogP) is 4.68. The van der Waals surface area contributed by atoms with Gasteiger partial charge < -0.3 is 14.3 Å². The first-order valence-corrected chi connectivity index (χ1v) is 13.4. The molecule has 10 heteroatoms. The predicted molar refractivity (Wildman–Crippen MR) is 133 cm³/mol. The van der Waals surface area contributed by atoms with Gasteiger partial charge in [-0.1, -0.05) is 42.5 Å². The SMILES string of the molecule is CS(=O)(=O)c1nc(-c2ccc(-c3ccco3)cc2)n(Cc2ccccc2OCCCCCC(=O)O)n1. The number of sulfone groups is 1. The van der Waals surface area contributed by atoms with Gasteiger partial charge in [0.1, 0.15) is 11.5 Å². The van der Waals surface area contributed by atoms with E-state index >= 15 is 0 Å². The highest BCUT2D eigenvalue weighted by atomic mass is 32.2. The number of carboxylic acids is 1. The van der Waals surface area contributed by atoms with E-state index in [0.717, 1.165) is 36.0 Å². The molecular weight excluding hydrogens is 482 g/mol. The van der Waals surface area contributed by atoms with E-state index in [-0.39, 0.29) is 18.1 Å². The van der Waals surface area contributed by atoms with Crippen LogP contribution in [0.5, 0.6) is 5.75 Å². The topological polar surface area (TPSA) is 125 Å². The lowest BCUT2D eigenvalue weighted by Gasteiger charge is -2.13. The molecule has 36 heavy (non-hydrogen) atoms. The van der Waals surface area contributed by atoms with Gasteiger partial charge in [-0.3, -0.25) is 4.79 Å². The zero-order valence-corrected chi connectivity index (χ0v) is 20.6. The Kier molecular flexibility index (Phi) is 7.84. The quantitative estimate of drug-likeness (QED) is 0.273. The largest absolute Gasteiger partial charge is 0.493 e. The van der Waals surface area contributed by atoms with Gasteiger partial charge in [0.05, 0.1) is 19.4 Å². The normalized spacial score (nSPS) is 11.5. The third-order valence-electron chi connectivity index (χ3n) is 5.52. The maximum Gasteiger partial charge on any atom is 0.303 e. The summed E-state index contributed by atoms with van der Waals surface area (Å²) in [6.45, 7) is 0.705. The van der Waals surface area contributed by atoms with Crippen LogP contribution in [0, 0.1) is 0 Å². The van der Waals surface area contributed by atoms with Gasteiger partial charge in [-0.05, 0) is 37.5 Å². The third-order valence-corrected chi connectivity index (χ3v) is 6.35. The van der Waals surface area contributed by atoms with E-state index in [0.29, 0.717) is 30.2 Å². The molecule has 2 aromatic heterocycles. The molecule has 2 aromatic carbocycles. The molecule has 4 aromatic rings. The monoisotopic (exact) mass is 509 g/mol. The second-order valence-corrected chi connectivity index (χ2v) is 10.3. The molecule has 0 aliphatic rings. The molecule has 0 unspecified atom stereocenters. The number of rotatable bonds is 12. The highest BCUT2D eigenvalue weighted by Crippen LogP contribution is 2.27. The summed E-state index contributed by atoms with van der Waals surface area (Å²) in [5, 5.41) is 12.8. The maximum absolute atomic E-state index is 12.2. The van der Waals surface area contributed by atoms with Gasteiger partial charge in [0.25, 0.3) is 5.16 Å². The minimum atomic E-state index is -3.62. The fraction of sp³-hybridized carbons (Fsp3) is 0.269. The Bertz CT molecular complexity index is 1410. The third kappa shape index (κ3) is 6.39. The Morgan fingerprint density at radius 1 is 1.00 bits per heavy atom. The van der Waals surface area contributed by atoms with Gasteiger partial charge in [-0.2, -0.15) is 4.98 Å². The summed E-state index contributed by atoms with van der Waals surface area (Å²) in [5.41, 5.74) is 2.42. The molecule has 0 spiro atoms. The standard InChI is InChI=1S/C26H27N3O6S/c1-36(32,33)26-27-25(20-14-12-19(13-15-20)22-10-7-17-35-22)29(28-26)18-21-8-4-5-9-23(21)34-16-6-2-3-11-24(30)31/h4-5,7-10,12-15,17H,2-3,6,11,16,18H2,1H3,(H,30,31). The first kappa shape index (κ1) is 25.2. The van der Waals surface area contributed by atoms with Crippen LogP contribution in [0.2, 0.25) is 0 Å². The van der Waals surface area contributed by atoms with E-state index in [1.54, 1.807) is 10.9 Å². The van der Waals surface area contributed by atoms with Crippen LogP contribution in [0.1, 0.15) is 31.2 Å². The van der Waals surface area contributed by atoms with Gasteiger partial charge in [-0.25, -0.2) is 13.1 Å². The molecule has 0 amide bonds. The molecule has 0 radical (unpaired) electrons. The van der Waals surface area contributed by atoms with Crippen molar-refractivity contribution in [1.29, 1.82) is 0 Å². The van der Waals surface area contributed by atoms with Crippen molar-refractivity contribution in [2.45, 2.75) is 37.4 Å². The summed E-state index contributed by atoms with van der Waals surface area (Å²) in [6.07, 6.45) is 4.93. The molecule has 0 aliphatic carbocycles. The lowest BCUT2D eigenvalue weighted by Crippen LogP contribution is -2.08. The lowest BCUT2D eigenvalue weighted by molar-refractivity contribution is -0.137. The minimum absolute atomic E-state index is 0.150. The number of furan rings is 1. The van der Waals surface area contributed by atoms with Crippen molar-refractivity contribution in [3.05, 3.63) is 72.5 Å². The van der Waals surface area contributed by atoms with Gasteiger partial charge in [0, 0.05) is 29.4 Å². The highest BCUT2D eigenvalue weighted by molar-refractivity contribution is 7.90. The maximum atomic E-state index is 12.2. The van der Waals surface area contributed by atoms with Crippen LogP contribution >= 0.6 is 0 Å². The molecule has 0 saturated carbocycles. The Labute approximate surface area is 209 Å². The number of hydrogen-bond acceptors (Lipinski definition) is 7. The summed E-state index contributed by atoms with van der Waals surface area (Å²) >= 11 is 0. The van der Waals surface area contributed by atoms with Gasteiger partial charge >= 0.3 is 5.97 Å². The summed E-state index contributed by atoms with van der Waals surface area (Å²) in [4.78, 5) is 15.0. The van der Waals surface area contributed by atoms with Crippen LogP contribution < -0.4 is 4.74 Å². The van der Waals surface area contributed by atoms with Gasteiger partial charge in [0.2, 0.25) is 9.84 Å². The van der Waals surface area contributed by atoms with E-state index in [2.05, 4.69) is 10.1 Å². The number of aromatic nitrogens is 3. The molecule has 188 valence electrons. The van der Waals surface area contributed by atoms with Crippen molar-refractivity contribution < 1.29 is 27.5 Å². The van der Waals surface area contributed by atoms with E-state index < -0.39 is 15.8 Å².